The lowest BCUT2D eigenvalue weighted by Crippen LogP contribution is -2.33. The van der Waals surface area contributed by atoms with Crippen LogP contribution in [0.4, 0.5) is 0 Å². The first-order valence-corrected chi connectivity index (χ1v) is 8.52. The van der Waals surface area contributed by atoms with Gasteiger partial charge in [0.15, 0.2) is 0 Å². The van der Waals surface area contributed by atoms with Gasteiger partial charge in [-0.3, -0.25) is 4.79 Å². The fraction of sp³-hybridized carbons (Fsp3) is 0.400. The highest BCUT2D eigenvalue weighted by Crippen LogP contribution is 2.24. The lowest BCUT2D eigenvalue weighted by molar-refractivity contribution is 0.331. The van der Waals surface area contributed by atoms with E-state index in [4.69, 9.17) is 0 Å². The first-order chi connectivity index (χ1) is 11.6. The maximum absolute atomic E-state index is 12.7. The minimum atomic E-state index is -0.174. The molecular formula is C20H23N3O. The van der Waals surface area contributed by atoms with Gasteiger partial charge in [0.1, 0.15) is 11.6 Å². The predicted octanol–water partition coefficient (Wildman–Crippen LogP) is 3.00. The van der Waals surface area contributed by atoms with Crippen molar-refractivity contribution in [3.05, 3.63) is 57.4 Å². The molecule has 4 nitrogen and oxygen atoms in total. The van der Waals surface area contributed by atoms with E-state index in [0.29, 0.717) is 12.5 Å². The molecule has 124 valence electrons. The summed E-state index contributed by atoms with van der Waals surface area (Å²) in [4.78, 5) is 12.7. The van der Waals surface area contributed by atoms with Crippen LogP contribution in [0, 0.1) is 31.1 Å². The molecule has 24 heavy (non-hydrogen) atoms. The molecule has 0 radical (unpaired) electrons. The fourth-order valence-corrected chi connectivity index (χ4v) is 3.32. The van der Waals surface area contributed by atoms with E-state index in [1.54, 1.807) is 10.6 Å². The lowest BCUT2D eigenvalue weighted by Gasteiger charge is -2.25. The number of nitrogens with zero attached hydrogens (tertiary/aromatic N) is 2. The molecule has 3 rings (SSSR count). The van der Waals surface area contributed by atoms with Crippen molar-refractivity contribution >= 4 is 0 Å². The second kappa shape index (κ2) is 7.02. The van der Waals surface area contributed by atoms with Gasteiger partial charge in [0.05, 0.1) is 5.69 Å². The highest BCUT2D eigenvalue weighted by Gasteiger charge is 2.18. The largest absolute Gasteiger partial charge is 0.317 e. The van der Waals surface area contributed by atoms with E-state index in [1.165, 1.54) is 11.1 Å². The number of aryl methyl sites for hydroxylation is 2. The Bertz CT molecular complexity index is 839. The highest BCUT2D eigenvalue weighted by molar-refractivity contribution is 5.62. The number of benzene rings is 1. The van der Waals surface area contributed by atoms with Crippen LogP contribution in [-0.2, 0) is 6.54 Å². The molecule has 2 aromatic rings. The predicted molar refractivity (Wildman–Crippen MR) is 95.9 cm³/mol. The zero-order valence-corrected chi connectivity index (χ0v) is 14.3. The average Bonchev–Trinajstić information content (AvgIpc) is 2.60. The highest BCUT2D eigenvalue weighted by atomic mass is 16.1. The quantitative estimate of drug-likeness (QED) is 0.945. The standard InChI is InChI=1S/C20H23N3O/c1-14-3-4-17(11-15(14)2)19-6-5-18(12-21)20(24)23(19)13-16-7-9-22-10-8-16/h3-6,11,16,22H,7-10,13H2,1-2H3. The Balaban J connectivity index is 2.07. The number of nitriles is 1. The van der Waals surface area contributed by atoms with Crippen LogP contribution in [0.5, 0.6) is 0 Å². The van der Waals surface area contributed by atoms with Crippen LogP contribution in [0.1, 0.15) is 29.5 Å². The zero-order chi connectivity index (χ0) is 17.1. The van der Waals surface area contributed by atoms with Crippen molar-refractivity contribution < 1.29 is 0 Å². The molecule has 0 saturated carbocycles. The normalized spacial score (nSPS) is 15.2. The molecule has 0 bridgehead atoms. The van der Waals surface area contributed by atoms with E-state index in [9.17, 15) is 10.1 Å². The maximum atomic E-state index is 12.7. The zero-order valence-electron chi connectivity index (χ0n) is 14.3. The third-order valence-electron chi connectivity index (χ3n) is 5.00. The van der Waals surface area contributed by atoms with Gasteiger partial charge in [0.2, 0.25) is 0 Å². The van der Waals surface area contributed by atoms with E-state index in [2.05, 4.69) is 37.4 Å². The second-order valence-corrected chi connectivity index (χ2v) is 6.65. The van der Waals surface area contributed by atoms with E-state index in [-0.39, 0.29) is 11.1 Å². The summed E-state index contributed by atoms with van der Waals surface area (Å²) in [6, 6.07) is 11.8. The monoisotopic (exact) mass is 321 g/mol. The number of pyridine rings is 1. The number of nitrogens with one attached hydrogen (secondary N) is 1. The van der Waals surface area contributed by atoms with Crippen LogP contribution in [0.3, 0.4) is 0 Å². The summed E-state index contributed by atoms with van der Waals surface area (Å²) in [6.07, 6.45) is 2.13. The minimum Gasteiger partial charge on any atom is -0.317 e. The first-order valence-electron chi connectivity index (χ1n) is 8.52. The van der Waals surface area contributed by atoms with Crippen LogP contribution in [-0.4, -0.2) is 17.7 Å². The Morgan fingerprint density at radius 2 is 1.92 bits per heavy atom. The molecule has 0 amide bonds. The van der Waals surface area contributed by atoms with Gasteiger partial charge in [-0.2, -0.15) is 5.26 Å². The van der Waals surface area contributed by atoms with Crippen LogP contribution in [0.2, 0.25) is 0 Å². The molecule has 0 atom stereocenters. The van der Waals surface area contributed by atoms with Crippen molar-refractivity contribution in [1.82, 2.24) is 9.88 Å². The van der Waals surface area contributed by atoms with E-state index in [1.807, 2.05) is 12.1 Å². The number of piperidine rings is 1. The Morgan fingerprint density at radius 1 is 1.17 bits per heavy atom. The van der Waals surface area contributed by atoms with Gasteiger partial charge in [-0.25, -0.2) is 0 Å². The number of hydrogen-bond donors (Lipinski definition) is 1. The first kappa shape index (κ1) is 16.5. The van der Waals surface area contributed by atoms with Gasteiger partial charge in [0.25, 0.3) is 5.56 Å². The third kappa shape index (κ3) is 3.27. The summed E-state index contributed by atoms with van der Waals surface area (Å²) < 4.78 is 1.80. The number of hydrogen-bond acceptors (Lipinski definition) is 3. The number of rotatable bonds is 3. The minimum absolute atomic E-state index is 0.174. The van der Waals surface area contributed by atoms with Crippen molar-refractivity contribution in [3.8, 4) is 17.3 Å². The summed E-state index contributed by atoms with van der Waals surface area (Å²) >= 11 is 0. The summed E-state index contributed by atoms with van der Waals surface area (Å²) in [5.74, 6) is 0.475. The molecule has 1 N–H and O–H groups in total. The van der Waals surface area contributed by atoms with Crippen molar-refractivity contribution in [3.63, 3.8) is 0 Å². The molecule has 2 heterocycles. The Morgan fingerprint density at radius 3 is 2.58 bits per heavy atom. The van der Waals surface area contributed by atoms with Gasteiger partial charge in [-0.15, -0.1) is 0 Å². The van der Waals surface area contributed by atoms with Gasteiger partial charge in [-0.05, 0) is 80.6 Å². The molecule has 1 aliphatic rings. The summed E-state index contributed by atoms with van der Waals surface area (Å²) in [7, 11) is 0. The van der Waals surface area contributed by atoms with E-state index in [0.717, 1.165) is 37.2 Å². The average molecular weight is 321 g/mol. The van der Waals surface area contributed by atoms with Crippen molar-refractivity contribution in [2.75, 3.05) is 13.1 Å². The van der Waals surface area contributed by atoms with Crippen LogP contribution < -0.4 is 10.9 Å². The lowest BCUT2D eigenvalue weighted by atomic mass is 9.97. The van der Waals surface area contributed by atoms with Crippen LogP contribution in [0.25, 0.3) is 11.3 Å². The SMILES string of the molecule is Cc1ccc(-c2ccc(C#N)c(=O)n2CC2CCNCC2)cc1C. The Kier molecular flexibility index (Phi) is 4.82. The molecule has 0 unspecified atom stereocenters. The molecule has 1 aromatic heterocycles. The van der Waals surface area contributed by atoms with E-state index < -0.39 is 0 Å². The van der Waals surface area contributed by atoms with Crippen LogP contribution in [0.15, 0.2) is 35.1 Å². The van der Waals surface area contributed by atoms with Crippen molar-refractivity contribution in [2.24, 2.45) is 5.92 Å². The Hall–Kier alpha value is -2.38. The van der Waals surface area contributed by atoms with Gasteiger partial charge in [-0.1, -0.05) is 12.1 Å². The number of aromatic nitrogens is 1. The maximum Gasteiger partial charge on any atom is 0.268 e. The fourth-order valence-electron chi connectivity index (χ4n) is 3.32. The van der Waals surface area contributed by atoms with E-state index >= 15 is 0 Å². The summed E-state index contributed by atoms with van der Waals surface area (Å²) in [6.45, 7) is 6.84. The van der Waals surface area contributed by atoms with Crippen molar-refractivity contribution in [2.45, 2.75) is 33.2 Å². The molecule has 4 heteroatoms. The summed E-state index contributed by atoms with van der Waals surface area (Å²) in [5, 5.41) is 12.6. The van der Waals surface area contributed by atoms with Crippen LogP contribution >= 0.6 is 0 Å². The van der Waals surface area contributed by atoms with Gasteiger partial charge in [0, 0.05) is 6.54 Å². The molecule has 1 saturated heterocycles. The molecule has 0 aliphatic carbocycles. The second-order valence-electron chi connectivity index (χ2n) is 6.65. The molecule has 1 aromatic carbocycles. The molecule has 0 spiro atoms. The summed E-state index contributed by atoms with van der Waals surface area (Å²) in [5.41, 5.74) is 4.43. The third-order valence-corrected chi connectivity index (χ3v) is 5.00. The Labute approximate surface area is 142 Å². The van der Waals surface area contributed by atoms with Gasteiger partial charge < -0.3 is 9.88 Å². The molecule has 1 fully saturated rings. The molecular weight excluding hydrogens is 298 g/mol. The van der Waals surface area contributed by atoms with Crippen molar-refractivity contribution in [1.29, 1.82) is 5.26 Å². The van der Waals surface area contributed by atoms with Gasteiger partial charge >= 0.3 is 0 Å². The topological polar surface area (TPSA) is 57.8 Å². The molecule has 1 aliphatic heterocycles. The smallest absolute Gasteiger partial charge is 0.268 e.